The fourth-order valence-electron chi connectivity index (χ4n) is 2.99. The van der Waals surface area contributed by atoms with Crippen molar-refractivity contribution in [2.24, 2.45) is 11.7 Å². The summed E-state index contributed by atoms with van der Waals surface area (Å²) in [5.41, 5.74) is 7.18. The molecular formula is C16H26N2O2. The van der Waals surface area contributed by atoms with E-state index < -0.39 is 0 Å². The normalized spacial score (nSPS) is 18.8. The Morgan fingerprint density at radius 2 is 1.95 bits per heavy atom. The SMILES string of the molecule is COc1cccc([C@@H](CN)N2CCC(C)CC2)c1OC. The van der Waals surface area contributed by atoms with E-state index in [0.717, 1.165) is 36.1 Å². The van der Waals surface area contributed by atoms with Gasteiger partial charge in [0.05, 0.1) is 20.3 Å². The first-order chi connectivity index (χ1) is 9.71. The molecule has 2 N–H and O–H groups in total. The molecule has 0 bridgehead atoms. The molecule has 20 heavy (non-hydrogen) atoms. The highest BCUT2D eigenvalue weighted by molar-refractivity contribution is 5.48. The molecule has 0 aromatic heterocycles. The molecule has 112 valence electrons. The molecule has 2 rings (SSSR count). The molecule has 1 aliphatic heterocycles. The van der Waals surface area contributed by atoms with Crippen molar-refractivity contribution in [2.75, 3.05) is 33.9 Å². The van der Waals surface area contributed by atoms with Gasteiger partial charge in [0.25, 0.3) is 0 Å². The number of nitrogens with zero attached hydrogens (tertiary/aromatic N) is 1. The van der Waals surface area contributed by atoms with Crippen molar-refractivity contribution in [1.82, 2.24) is 4.90 Å². The second kappa shape index (κ2) is 6.95. The van der Waals surface area contributed by atoms with Gasteiger partial charge in [-0.3, -0.25) is 4.90 Å². The second-order valence-electron chi connectivity index (χ2n) is 5.55. The van der Waals surface area contributed by atoms with Crippen LogP contribution in [0.1, 0.15) is 31.4 Å². The van der Waals surface area contributed by atoms with E-state index in [1.807, 2.05) is 12.1 Å². The molecule has 0 unspecified atom stereocenters. The molecule has 0 amide bonds. The third kappa shape index (κ3) is 3.07. The Kier molecular flexibility index (Phi) is 5.26. The van der Waals surface area contributed by atoms with Gasteiger partial charge in [-0.15, -0.1) is 0 Å². The van der Waals surface area contributed by atoms with Crippen LogP contribution in [-0.2, 0) is 0 Å². The standard InChI is InChI=1S/C16H26N2O2/c1-12-7-9-18(10-8-12)14(11-17)13-5-4-6-15(19-2)16(13)20-3/h4-6,12,14H,7-11,17H2,1-3H3/t14-/m1/s1. The monoisotopic (exact) mass is 278 g/mol. The zero-order valence-electron chi connectivity index (χ0n) is 12.8. The molecule has 1 aromatic carbocycles. The number of ether oxygens (including phenoxy) is 2. The van der Waals surface area contributed by atoms with Crippen molar-refractivity contribution in [3.8, 4) is 11.5 Å². The molecule has 1 fully saturated rings. The molecule has 1 aromatic rings. The zero-order chi connectivity index (χ0) is 14.5. The number of hydrogen-bond donors (Lipinski definition) is 1. The molecule has 0 saturated carbocycles. The third-order valence-corrected chi connectivity index (χ3v) is 4.27. The summed E-state index contributed by atoms with van der Waals surface area (Å²) in [5, 5.41) is 0. The molecule has 0 spiro atoms. The lowest BCUT2D eigenvalue weighted by molar-refractivity contribution is 0.139. The van der Waals surface area contributed by atoms with Gasteiger partial charge in [0, 0.05) is 12.1 Å². The predicted octanol–water partition coefficient (Wildman–Crippen LogP) is 2.44. The van der Waals surface area contributed by atoms with Crippen LogP contribution < -0.4 is 15.2 Å². The number of benzene rings is 1. The molecule has 1 atom stereocenters. The van der Waals surface area contributed by atoms with E-state index in [1.54, 1.807) is 14.2 Å². The number of piperidine rings is 1. The second-order valence-corrected chi connectivity index (χ2v) is 5.55. The van der Waals surface area contributed by atoms with Crippen LogP contribution in [0.15, 0.2) is 18.2 Å². The van der Waals surface area contributed by atoms with Crippen LogP contribution in [0.2, 0.25) is 0 Å². The number of rotatable bonds is 5. The number of nitrogens with two attached hydrogens (primary N) is 1. The molecular weight excluding hydrogens is 252 g/mol. The van der Waals surface area contributed by atoms with E-state index in [0.29, 0.717) is 6.54 Å². The minimum atomic E-state index is 0.201. The van der Waals surface area contributed by atoms with Gasteiger partial charge in [-0.1, -0.05) is 19.1 Å². The Morgan fingerprint density at radius 3 is 2.50 bits per heavy atom. The van der Waals surface area contributed by atoms with Gasteiger partial charge in [0.1, 0.15) is 0 Å². The highest BCUT2D eigenvalue weighted by Crippen LogP contribution is 2.37. The van der Waals surface area contributed by atoms with Crippen LogP contribution in [0.5, 0.6) is 11.5 Å². The predicted molar refractivity (Wildman–Crippen MR) is 81.3 cm³/mol. The first kappa shape index (κ1) is 15.1. The van der Waals surface area contributed by atoms with Crippen molar-refractivity contribution < 1.29 is 9.47 Å². The van der Waals surface area contributed by atoms with E-state index in [-0.39, 0.29) is 6.04 Å². The van der Waals surface area contributed by atoms with Crippen molar-refractivity contribution in [3.63, 3.8) is 0 Å². The van der Waals surface area contributed by atoms with Gasteiger partial charge in [-0.05, 0) is 37.9 Å². The third-order valence-electron chi connectivity index (χ3n) is 4.27. The van der Waals surface area contributed by atoms with E-state index in [4.69, 9.17) is 15.2 Å². The number of para-hydroxylation sites is 1. The van der Waals surface area contributed by atoms with Crippen molar-refractivity contribution >= 4 is 0 Å². The van der Waals surface area contributed by atoms with Crippen molar-refractivity contribution in [3.05, 3.63) is 23.8 Å². The Bertz CT molecular complexity index is 428. The van der Waals surface area contributed by atoms with E-state index in [1.165, 1.54) is 12.8 Å². The average molecular weight is 278 g/mol. The maximum atomic E-state index is 6.05. The summed E-state index contributed by atoms with van der Waals surface area (Å²) in [4.78, 5) is 2.47. The Hall–Kier alpha value is -1.26. The van der Waals surface area contributed by atoms with Crippen LogP contribution in [0.25, 0.3) is 0 Å². The smallest absolute Gasteiger partial charge is 0.165 e. The van der Waals surface area contributed by atoms with Gasteiger partial charge in [-0.25, -0.2) is 0 Å². The topological polar surface area (TPSA) is 47.7 Å². The Morgan fingerprint density at radius 1 is 1.25 bits per heavy atom. The molecule has 0 aliphatic carbocycles. The minimum Gasteiger partial charge on any atom is -0.493 e. The number of methoxy groups -OCH3 is 2. The van der Waals surface area contributed by atoms with Crippen LogP contribution in [0.3, 0.4) is 0 Å². The fourth-order valence-corrected chi connectivity index (χ4v) is 2.99. The molecule has 1 saturated heterocycles. The first-order valence-corrected chi connectivity index (χ1v) is 7.36. The van der Waals surface area contributed by atoms with Crippen molar-refractivity contribution in [2.45, 2.75) is 25.8 Å². The lowest BCUT2D eigenvalue weighted by Crippen LogP contribution is -2.39. The molecule has 0 radical (unpaired) electrons. The fraction of sp³-hybridized carbons (Fsp3) is 0.625. The lowest BCUT2D eigenvalue weighted by atomic mass is 9.95. The molecule has 4 heteroatoms. The quantitative estimate of drug-likeness (QED) is 0.898. The van der Waals surface area contributed by atoms with Crippen LogP contribution in [0.4, 0.5) is 0 Å². The summed E-state index contributed by atoms with van der Waals surface area (Å²) in [5.74, 6) is 2.40. The zero-order valence-corrected chi connectivity index (χ0v) is 12.8. The summed E-state index contributed by atoms with van der Waals surface area (Å²) in [6.45, 7) is 5.12. The maximum Gasteiger partial charge on any atom is 0.165 e. The van der Waals surface area contributed by atoms with Gasteiger partial charge in [0.2, 0.25) is 0 Å². The summed E-state index contributed by atoms with van der Waals surface area (Å²) in [6.07, 6.45) is 2.48. The highest BCUT2D eigenvalue weighted by atomic mass is 16.5. The average Bonchev–Trinajstić information content (AvgIpc) is 2.49. The molecule has 1 aliphatic rings. The number of likely N-dealkylation sites (tertiary alicyclic amines) is 1. The van der Waals surface area contributed by atoms with Crippen LogP contribution in [-0.4, -0.2) is 38.8 Å². The summed E-state index contributed by atoms with van der Waals surface area (Å²) < 4.78 is 10.9. The van der Waals surface area contributed by atoms with Crippen LogP contribution >= 0.6 is 0 Å². The Labute approximate surface area is 121 Å². The minimum absolute atomic E-state index is 0.201. The Balaban J connectivity index is 2.27. The highest BCUT2D eigenvalue weighted by Gasteiger charge is 2.26. The van der Waals surface area contributed by atoms with E-state index in [2.05, 4.69) is 17.9 Å². The first-order valence-electron chi connectivity index (χ1n) is 7.36. The maximum absolute atomic E-state index is 6.05. The van der Waals surface area contributed by atoms with E-state index >= 15 is 0 Å². The molecule has 1 heterocycles. The summed E-state index contributed by atoms with van der Waals surface area (Å²) in [6, 6.07) is 6.23. The van der Waals surface area contributed by atoms with Gasteiger partial charge >= 0.3 is 0 Å². The van der Waals surface area contributed by atoms with Gasteiger partial charge in [-0.2, -0.15) is 0 Å². The lowest BCUT2D eigenvalue weighted by Gasteiger charge is -2.37. The number of hydrogen-bond acceptors (Lipinski definition) is 4. The van der Waals surface area contributed by atoms with Gasteiger partial charge < -0.3 is 15.2 Å². The van der Waals surface area contributed by atoms with E-state index in [9.17, 15) is 0 Å². The largest absolute Gasteiger partial charge is 0.493 e. The summed E-state index contributed by atoms with van der Waals surface area (Å²) >= 11 is 0. The van der Waals surface area contributed by atoms with Crippen LogP contribution in [0, 0.1) is 5.92 Å². The van der Waals surface area contributed by atoms with Crippen molar-refractivity contribution in [1.29, 1.82) is 0 Å². The molecule has 4 nitrogen and oxygen atoms in total. The van der Waals surface area contributed by atoms with Gasteiger partial charge in [0.15, 0.2) is 11.5 Å². The summed E-state index contributed by atoms with van der Waals surface area (Å²) in [7, 11) is 3.36.